The Morgan fingerprint density at radius 3 is 2.43 bits per heavy atom. The summed E-state index contributed by atoms with van der Waals surface area (Å²) in [5.41, 5.74) is 6.54. The average molecular weight is 370 g/mol. The maximum absolute atomic E-state index is 12.1. The van der Waals surface area contributed by atoms with Gasteiger partial charge in [0.05, 0.1) is 5.69 Å². The largest absolute Gasteiger partial charge is 0.398 e. The van der Waals surface area contributed by atoms with Gasteiger partial charge in [0.25, 0.3) is 5.91 Å². The molecule has 1 amide bonds. The molecule has 0 fully saturated rings. The minimum absolute atomic E-state index is 0.117. The zero-order chi connectivity index (χ0) is 15.6. The Kier molecular flexibility index (Phi) is 4.31. The van der Waals surface area contributed by atoms with Crippen LogP contribution >= 0.6 is 15.9 Å². The molecule has 0 unspecified atom stereocenters. The highest BCUT2D eigenvalue weighted by molar-refractivity contribution is 9.10. The normalized spacial score (nSPS) is 11.1. The summed E-state index contributed by atoms with van der Waals surface area (Å²) in [5.74, 6) is -0.481. The van der Waals surface area contributed by atoms with E-state index in [2.05, 4.69) is 21.2 Å². The van der Waals surface area contributed by atoms with Crippen molar-refractivity contribution < 1.29 is 13.2 Å². The second-order valence-corrected chi connectivity index (χ2v) is 6.62. The molecule has 0 saturated heterocycles. The molecule has 0 saturated carbocycles. The van der Waals surface area contributed by atoms with Gasteiger partial charge >= 0.3 is 0 Å². The van der Waals surface area contributed by atoms with Crippen LogP contribution in [-0.2, 0) is 10.0 Å². The Morgan fingerprint density at radius 2 is 1.81 bits per heavy atom. The van der Waals surface area contributed by atoms with Gasteiger partial charge in [0.15, 0.2) is 0 Å². The standard InChI is InChI=1S/C13H12BrN3O3S/c14-9-6-5-8(7-10(9)15)13(18)17-11-3-1-2-4-12(11)21(16,19)20/h1-7H,15H2,(H,17,18)(H2,16,19,20). The van der Waals surface area contributed by atoms with Crippen molar-refractivity contribution in [2.24, 2.45) is 5.14 Å². The Labute approximate surface area is 130 Å². The van der Waals surface area contributed by atoms with E-state index in [4.69, 9.17) is 10.9 Å². The van der Waals surface area contributed by atoms with E-state index in [1.807, 2.05) is 0 Å². The summed E-state index contributed by atoms with van der Waals surface area (Å²) in [4.78, 5) is 12.0. The number of hydrogen-bond acceptors (Lipinski definition) is 4. The first kappa shape index (κ1) is 15.5. The van der Waals surface area contributed by atoms with Crippen LogP contribution in [0.5, 0.6) is 0 Å². The molecule has 0 aliphatic carbocycles. The van der Waals surface area contributed by atoms with E-state index in [-0.39, 0.29) is 10.6 Å². The fourth-order valence-electron chi connectivity index (χ4n) is 1.70. The maximum Gasteiger partial charge on any atom is 0.255 e. The zero-order valence-electron chi connectivity index (χ0n) is 10.7. The molecular weight excluding hydrogens is 358 g/mol. The van der Waals surface area contributed by atoms with E-state index in [0.29, 0.717) is 15.7 Å². The molecule has 8 heteroatoms. The summed E-state index contributed by atoms with van der Waals surface area (Å²) in [5, 5.41) is 7.62. The van der Waals surface area contributed by atoms with Crippen molar-refractivity contribution in [1.82, 2.24) is 0 Å². The van der Waals surface area contributed by atoms with E-state index >= 15 is 0 Å². The summed E-state index contributed by atoms with van der Waals surface area (Å²) in [6.45, 7) is 0. The number of primary sulfonamides is 1. The lowest BCUT2D eigenvalue weighted by Gasteiger charge is -2.10. The first-order valence-corrected chi connectivity index (χ1v) is 8.11. The number of sulfonamides is 1. The van der Waals surface area contributed by atoms with Crippen LogP contribution in [-0.4, -0.2) is 14.3 Å². The zero-order valence-corrected chi connectivity index (χ0v) is 13.1. The molecule has 2 aromatic carbocycles. The number of para-hydroxylation sites is 1. The summed E-state index contributed by atoms with van der Waals surface area (Å²) >= 11 is 3.23. The number of nitrogen functional groups attached to an aromatic ring is 1. The first-order chi connectivity index (χ1) is 9.79. The van der Waals surface area contributed by atoms with Gasteiger partial charge in [-0.3, -0.25) is 4.79 Å². The van der Waals surface area contributed by atoms with E-state index < -0.39 is 15.9 Å². The van der Waals surface area contributed by atoms with Crippen LogP contribution in [0, 0.1) is 0 Å². The van der Waals surface area contributed by atoms with Crippen molar-refractivity contribution in [1.29, 1.82) is 0 Å². The Balaban J connectivity index is 2.34. The van der Waals surface area contributed by atoms with Gasteiger partial charge in [0.2, 0.25) is 10.0 Å². The molecule has 0 atom stereocenters. The highest BCUT2D eigenvalue weighted by Crippen LogP contribution is 2.23. The predicted molar refractivity (Wildman–Crippen MR) is 84.3 cm³/mol. The number of anilines is 2. The molecule has 0 aliphatic rings. The predicted octanol–water partition coefficient (Wildman–Crippen LogP) is 1.93. The van der Waals surface area contributed by atoms with Crippen LogP contribution in [0.25, 0.3) is 0 Å². The number of nitrogens with one attached hydrogen (secondary N) is 1. The number of amides is 1. The second kappa shape index (κ2) is 5.84. The fraction of sp³-hybridized carbons (Fsp3) is 0. The van der Waals surface area contributed by atoms with Gasteiger partial charge in [-0.25, -0.2) is 13.6 Å². The topological polar surface area (TPSA) is 115 Å². The number of benzene rings is 2. The van der Waals surface area contributed by atoms with Crippen molar-refractivity contribution in [3.63, 3.8) is 0 Å². The summed E-state index contributed by atoms with van der Waals surface area (Å²) in [6.07, 6.45) is 0. The SMILES string of the molecule is Nc1cc(C(=O)Nc2ccccc2S(N)(=O)=O)ccc1Br. The molecule has 5 N–H and O–H groups in total. The van der Waals surface area contributed by atoms with Crippen LogP contribution in [0.2, 0.25) is 0 Å². The molecule has 0 aromatic heterocycles. The van der Waals surface area contributed by atoms with Crippen molar-refractivity contribution in [2.75, 3.05) is 11.1 Å². The third kappa shape index (κ3) is 3.60. The Morgan fingerprint density at radius 1 is 1.14 bits per heavy atom. The molecule has 2 aromatic rings. The molecular formula is C13H12BrN3O3S. The third-order valence-electron chi connectivity index (χ3n) is 2.70. The minimum atomic E-state index is -3.92. The van der Waals surface area contributed by atoms with Gasteiger partial charge in [-0.05, 0) is 46.3 Å². The molecule has 110 valence electrons. The molecule has 0 radical (unpaired) electrons. The average Bonchev–Trinajstić information content (AvgIpc) is 2.41. The lowest BCUT2D eigenvalue weighted by atomic mass is 10.2. The van der Waals surface area contributed by atoms with Gasteiger partial charge in [-0.15, -0.1) is 0 Å². The van der Waals surface area contributed by atoms with Crippen LogP contribution in [0.4, 0.5) is 11.4 Å². The lowest BCUT2D eigenvalue weighted by Crippen LogP contribution is -2.18. The minimum Gasteiger partial charge on any atom is -0.398 e. The van der Waals surface area contributed by atoms with Crippen molar-refractivity contribution in [3.8, 4) is 0 Å². The lowest BCUT2D eigenvalue weighted by molar-refractivity contribution is 0.102. The van der Waals surface area contributed by atoms with Gasteiger partial charge in [0.1, 0.15) is 4.90 Å². The van der Waals surface area contributed by atoms with Crippen LogP contribution in [0.15, 0.2) is 51.8 Å². The number of hydrogen-bond donors (Lipinski definition) is 3. The van der Waals surface area contributed by atoms with Gasteiger partial charge in [0, 0.05) is 15.7 Å². The molecule has 0 spiro atoms. The van der Waals surface area contributed by atoms with Gasteiger partial charge in [-0.2, -0.15) is 0 Å². The van der Waals surface area contributed by atoms with E-state index in [9.17, 15) is 13.2 Å². The molecule has 0 heterocycles. The van der Waals surface area contributed by atoms with Crippen LogP contribution in [0.1, 0.15) is 10.4 Å². The van der Waals surface area contributed by atoms with Gasteiger partial charge in [-0.1, -0.05) is 12.1 Å². The van der Waals surface area contributed by atoms with Crippen LogP contribution in [0.3, 0.4) is 0 Å². The summed E-state index contributed by atoms with van der Waals surface area (Å²) in [7, 11) is -3.92. The molecule has 21 heavy (non-hydrogen) atoms. The van der Waals surface area contributed by atoms with Crippen molar-refractivity contribution in [2.45, 2.75) is 4.90 Å². The van der Waals surface area contributed by atoms with Crippen molar-refractivity contribution in [3.05, 3.63) is 52.5 Å². The number of carbonyl (C=O) groups is 1. The number of carbonyl (C=O) groups excluding carboxylic acids is 1. The van der Waals surface area contributed by atoms with E-state index in [1.165, 1.54) is 24.3 Å². The quantitative estimate of drug-likeness (QED) is 0.716. The highest BCUT2D eigenvalue weighted by Gasteiger charge is 2.16. The van der Waals surface area contributed by atoms with Gasteiger partial charge < -0.3 is 11.1 Å². The van der Waals surface area contributed by atoms with Crippen molar-refractivity contribution >= 4 is 43.2 Å². The fourth-order valence-corrected chi connectivity index (χ4v) is 2.64. The molecule has 2 rings (SSSR count). The second-order valence-electron chi connectivity index (χ2n) is 4.23. The summed E-state index contributed by atoms with van der Waals surface area (Å²) in [6, 6.07) is 10.6. The summed E-state index contributed by atoms with van der Waals surface area (Å²) < 4.78 is 23.6. The number of halogens is 1. The smallest absolute Gasteiger partial charge is 0.255 e. The van der Waals surface area contributed by atoms with E-state index in [0.717, 1.165) is 0 Å². The number of rotatable bonds is 3. The maximum atomic E-state index is 12.1. The number of nitrogens with two attached hydrogens (primary N) is 2. The molecule has 0 bridgehead atoms. The first-order valence-electron chi connectivity index (χ1n) is 5.77. The Bertz CT molecular complexity index is 806. The third-order valence-corrected chi connectivity index (χ3v) is 4.39. The highest BCUT2D eigenvalue weighted by atomic mass is 79.9. The van der Waals surface area contributed by atoms with E-state index in [1.54, 1.807) is 18.2 Å². The Hall–Kier alpha value is -1.90. The monoisotopic (exact) mass is 369 g/mol. The van der Waals surface area contributed by atoms with Crippen LogP contribution < -0.4 is 16.2 Å². The molecule has 0 aliphatic heterocycles. The molecule has 6 nitrogen and oxygen atoms in total.